The average molecular weight is 314 g/mol. The van der Waals surface area contributed by atoms with Crippen LogP contribution in [0.4, 0.5) is 5.69 Å². The van der Waals surface area contributed by atoms with Gasteiger partial charge in [-0.25, -0.2) is 0 Å². The summed E-state index contributed by atoms with van der Waals surface area (Å²) < 4.78 is 0.913. The van der Waals surface area contributed by atoms with Crippen LogP contribution in [-0.2, 0) is 6.42 Å². The van der Waals surface area contributed by atoms with Gasteiger partial charge in [0.2, 0.25) is 0 Å². The van der Waals surface area contributed by atoms with Crippen LogP contribution in [0.1, 0.15) is 29.3 Å². The molecule has 0 aliphatic heterocycles. The number of aromatic nitrogens is 1. The van der Waals surface area contributed by atoms with Crippen molar-refractivity contribution in [1.82, 2.24) is 4.98 Å². The zero-order chi connectivity index (χ0) is 13.2. The Hall–Kier alpha value is -1.86. The Morgan fingerprint density at radius 2 is 2.26 bits per heavy atom. The van der Waals surface area contributed by atoms with Crippen molar-refractivity contribution in [3.05, 3.63) is 57.8 Å². The Balaban J connectivity index is 1.86. The fourth-order valence-corrected chi connectivity index (χ4v) is 2.94. The van der Waals surface area contributed by atoms with Crippen molar-refractivity contribution in [3.8, 4) is 6.07 Å². The normalized spacial score (nSPS) is 16.7. The molecule has 0 saturated carbocycles. The zero-order valence-corrected chi connectivity index (χ0v) is 11.8. The van der Waals surface area contributed by atoms with Crippen LogP contribution in [0.15, 0.2) is 41.0 Å². The highest BCUT2D eigenvalue weighted by atomic mass is 79.9. The highest BCUT2D eigenvalue weighted by molar-refractivity contribution is 9.10. The topological polar surface area (TPSA) is 48.7 Å². The van der Waals surface area contributed by atoms with Gasteiger partial charge in [-0.1, -0.05) is 6.07 Å². The minimum absolute atomic E-state index is 0.250. The molecular formula is C15H12BrN3. The van der Waals surface area contributed by atoms with Crippen LogP contribution in [-0.4, -0.2) is 4.98 Å². The van der Waals surface area contributed by atoms with E-state index in [-0.39, 0.29) is 6.04 Å². The number of halogens is 1. The monoisotopic (exact) mass is 313 g/mol. The van der Waals surface area contributed by atoms with Crippen LogP contribution < -0.4 is 5.32 Å². The van der Waals surface area contributed by atoms with E-state index in [0.717, 1.165) is 28.7 Å². The van der Waals surface area contributed by atoms with E-state index < -0.39 is 0 Å². The number of hydrogen-bond donors (Lipinski definition) is 1. The van der Waals surface area contributed by atoms with Crippen LogP contribution in [0, 0.1) is 11.3 Å². The zero-order valence-electron chi connectivity index (χ0n) is 10.2. The molecule has 0 fully saturated rings. The summed E-state index contributed by atoms with van der Waals surface area (Å²) in [5, 5.41) is 12.4. The average Bonchev–Trinajstić information content (AvgIpc) is 2.84. The molecule has 1 aliphatic rings. The number of fused-ring (bicyclic) bond motifs is 1. The summed E-state index contributed by atoms with van der Waals surface area (Å²) in [6.45, 7) is 0. The van der Waals surface area contributed by atoms with Crippen LogP contribution in [0.2, 0.25) is 0 Å². The molecule has 1 aromatic heterocycles. The van der Waals surface area contributed by atoms with E-state index in [2.05, 4.69) is 38.4 Å². The molecule has 0 amide bonds. The van der Waals surface area contributed by atoms with Gasteiger partial charge in [-0.2, -0.15) is 5.26 Å². The first-order valence-corrected chi connectivity index (χ1v) is 6.97. The molecule has 3 rings (SSSR count). The molecule has 1 atom stereocenters. The van der Waals surface area contributed by atoms with Crippen molar-refractivity contribution in [2.24, 2.45) is 0 Å². The van der Waals surface area contributed by atoms with Gasteiger partial charge in [-0.05, 0) is 58.6 Å². The first-order chi connectivity index (χ1) is 9.28. The predicted molar refractivity (Wildman–Crippen MR) is 77.8 cm³/mol. The van der Waals surface area contributed by atoms with Crippen LogP contribution in [0.3, 0.4) is 0 Å². The van der Waals surface area contributed by atoms with Gasteiger partial charge in [-0.15, -0.1) is 0 Å². The Morgan fingerprint density at radius 3 is 3.05 bits per heavy atom. The number of benzene rings is 1. The SMILES string of the molecule is N#Cc1ccc(NC2CCc3cccnc32)c(Br)c1. The summed E-state index contributed by atoms with van der Waals surface area (Å²) in [4.78, 5) is 4.47. The minimum atomic E-state index is 0.250. The Labute approximate surface area is 120 Å². The van der Waals surface area contributed by atoms with E-state index >= 15 is 0 Å². The van der Waals surface area contributed by atoms with Crippen molar-refractivity contribution in [2.75, 3.05) is 5.32 Å². The lowest BCUT2D eigenvalue weighted by atomic mass is 10.2. The van der Waals surface area contributed by atoms with E-state index in [1.807, 2.05) is 30.5 Å². The van der Waals surface area contributed by atoms with E-state index in [1.54, 1.807) is 0 Å². The fourth-order valence-electron chi connectivity index (χ4n) is 2.44. The quantitative estimate of drug-likeness (QED) is 0.917. The third-order valence-corrected chi connectivity index (χ3v) is 4.04. The lowest BCUT2D eigenvalue weighted by Crippen LogP contribution is -2.09. The highest BCUT2D eigenvalue weighted by Crippen LogP contribution is 2.34. The number of rotatable bonds is 2. The third kappa shape index (κ3) is 2.34. The molecule has 2 aromatic rings. The van der Waals surface area contributed by atoms with E-state index in [1.165, 1.54) is 5.56 Å². The third-order valence-electron chi connectivity index (χ3n) is 3.39. The van der Waals surface area contributed by atoms with Crippen LogP contribution in [0.25, 0.3) is 0 Å². The van der Waals surface area contributed by atoms with Crippen LogP contribution >= 0.6 is 15.9 Å². The molecule has 4 heteroatoms. The maximum Gasteiger partial charge on any atom is 0.0992 e. The molecule has 0 bridgehead atoms. The van der Waals surface area contributed by atoms with Gasteiger partial charge >= 0.3 is 0 Å². The van der Waals surface area contributed by atoms with E-state index in [4.69, 9.17) is 5.26 Å². The molecule has 0 saturated heterocycles. The number of pyridine rings is 1. The van der Waals surface area contributed by atoms with Crippen LogP contribution in [0.5, 0.6) is 0 Å². The molecular weight excluding hydrogens is 302 g/mol. The second-order valence-corrected chi connectivity index (χ2v) is 5.44. The maximum absolute atomic E-state index is 8.87. The number of nitrogens with one attached hydrogen (secondary N) is 1. The van der Waals surface area contributed by atoms with Crippen molar-refractivity contribution in [3.63, 3.8) is 0 Å². The predicted octanol–water partition coefficient (Wildman–Crippen LogP) is 3.82. The van der Waals surface area contributed by atoms with E-state index in [9.17, 15) is 0 Å². The minimum Gasteiger partial charge on any atom is -0.376 e. The van der Waals surface area contributed by atoms with Gasteiger partial charge in [0.1, 0.15) is 0 Å². The van der Waals surface area contributed by atoms with E-state index in [0.29, 0.717) is 5.56 Å². The summed E-state index contributed by atoms with van der Waals surface area (Å²) in [5.41, 5.74) is 4.12. The summed E-state index contributed by atoms with van der Waals surface area (Å²) >= 11 is 3.50. The van der Waals surface area contributed by atoms with Crippen molar-refractivity contribution >= 4 is 21.6 Å². The number of anilines is 1. The highest BCUT2D eigenvalue weighted by Gasteiger charge is 2.23. The molecule has 3 nitrogen and oxygen atoms in total. The molecule has 1 N–H and O–H groups in total. The molecule has 19 heavy (non-hydrogen) atoms. The summed E-state index contributed by atoms with van der Waals surface area (Å²) in [6, 6.07) is 12.1. The number of hydrogen-bond acceptors (Lipinski definition) is 3. The first kappa shape index (κ1) is 12.2. The molecule has 1 heterocycles. The van der Waals surface area contributed by atoms with Crippen molar-refractivity contribution < 1.29 is 0 Å². The maximum atomic E-state index is 8.87. The smallest absolute Gasteiger partial charge is 0.0992 e. The second-order valence-electron chi connectivity index (χ2n) is 4.59. The van der Waals surface area contributed by atoms with Gasteiger partial charge in [0.05, 0.1) is 23.4 Å². The fraction of sp³-hybridized carbons (Fsp3) is 0.200. The summed E-state index contributed by atoms with van der Waals surface area (Å²) in [5.74, 6) is 0. The summed E-state index contributed by atoms with van der Waals surface area (Å²) in [6.07, 6.45) is 3.96. The Kier molecular flexibility index (Phi) is 3.22. The largest absolute Gasteiger partial charge is 0.376 e. The number of nitrogens with zero attached hydrogens (tertiary/aromatic N) is 2. The number of aryl methyl sites for hydroxylation is 1. The Bertz CT molecular complexity index is 661. The van der Waals surface area contributed by atoms with Gasteiger partial charge < -0.3 is 5.32 Å². The second kappa shape index (κ2) is 5.02. The van der Waals surface area contributed by atoms with Crippen molar-refractivity contribution in [1.29, 1.82) is 5.26 Å². The lowest BCUT2D eigenvalue weighted by molar-refractivity contribution is 0.745. The van der Waals surface area contributed by atoms with Gasteiger partial charge in [0.25, 0.3) is 0 Å². The molecule has 94 valence electrons. The molecule has 1 unspecified atom stereocenters. The molecule has 0 spiro atoms. The molecule has 0 radical (unpaired) electrons. The van der Waals surface area contributed by atoms with Gasteiger partial charge in [0, 0.05) is 16.4 Å². The van der Waals surface area contributed by atoms with Crippen molar-refractivity contribution in [2.45, 2.75) is 18.9 Å². The molecule has 1 aromatic carbocycles. The number of nitriles is 1. The Morgan fingerprint density at radius 1 is 1.37 bits per heavy atom. The van der Waals surface area contributed by atoms with Gasteiger partial charge in [-0.3, -0.25) is 4.98 Å². The summed E-state index contributed by atoms with van der Waals surface area (Å²) in [7, 11) is 0. The standard InChI is InChI=1S/C15H12BrN3/c16-12-8-10(9-17)3-5-13(12)19-14-6-4-11-2-1-7-18-15(11)14/h1-3,5,7-8,14,19H,4,6H2. The molecule has 1 aliphatic carbocycles. The lowest BCUT2D eigenvalue weighted by Gasteiger charge is -2.16. The first-order valence-electron chi connectivity index (χ1n) is 6.18. The van der Waals surface area contributed by atoms with Gasteiger partial charge in [0.15, 0.2) is 0 Å².